The van der Waals surface area contributed by atoms with Gasteiger partial charge in [-0.25, -0.2) is 4.98 Å². The first-order valence-electron chi connectivity index (χ1n) is 11.0. The van der Waals surface area contributed by atoms with Crippen molar-refractivity contribution in [1.29, 1.82) is 0 Å². The molecule has 7 nitrogen and oxygen atoms in total. The minimum atomic E-state index is -0.385. The molecule has 2 atom stereocenters. The van der Waals surface area contributed by atoms with E-state index in [9.17, 15) is 10.1 Å². The number of hydrogen-bond acceptors (Lipinski definition) is 6. The molecule has 2 unspecified atom stereocenters. The molecule has 0 N–H and O–H groups in total. The minimum Gasteiger partial charge on any atom is -0.441 e. The van der Waals surface area contributed by atoms with E-state index in [1.807, 2.05) is 38.1 Å². The SMILES string of the molecule is Cc1cccc(-c2nc(COC3CCCC(OCc4cccc([N+](=O)[O-])c4)C3)c(C)o2)c1. The molecular weight excluding hydrogens is 408 g/mol. The highest BCUT2D eigenvalue weighted by Crippen LogP contribution is 2.27. The Hall–Kier alpha value is -3.03. The molecule has 4 rings (SSSR count). The number of nitrogens with zero attached hydrogens (tertiary/aromatic N) is 2. The zero-order valence-corrected chi connectivity index (χ0v) is 18.5. The van der Waals surface area contributed by atoms with Crippen molar-refractivity contribution in [1.82, 2.24) is 4.98 Å². The van der Waals surface area contributed by atoms with Crippen LogP contribution in [0, 0.1) is 24.0 Å². The standard InChI is InChI=1S/C25H28N2O5/c1-17-6-3-8-20(12-17)25-26-24(18(2)32-25)16-31-23-11-5-10-22(14-23)30-15-19-7-4-9-21(13-19)27(28)29/h3-4,6-9,12-13,22-23H,5,10-11,14-16H2,1-2H3. The first kappa shape index (κ1) is 22.2. The summed E-state index contributed by atoms with van der Waals surface area (Å²) in [6.45, 7) is 4.73. The van der Waals surface area contributed by atoms with Gasteiger partial charge in [-0.15, -0.1) is 0 Å². The van der Waals surface area contributed by atoms with Crippen molar-refractivity contribution in [2.24, 2.45) is 0 Å². The molecule has 0 spiro atoms. The van der Waals surface area contributed by atoms with Gasteiger partial charge in [0, 0.05) is 17.7 Å². The summed E-state index contributed by atoms with van der Waals surface area (Å²) in [5.74, 6) is 1.39. The van der Waals surface area contributed by atoms with Crippen LogP contribution in [0.3, 0.4) is 0 Å². The molecule has 0 radical (unpaired) electrons. The van der Waals surface area contributed by atoms with E-state index >= 15 is 0 Å². The van der Waals surface area contributed by atoms with Crippen molar-refractivity contribution >= 4 is 5.69 Å². The summed E-state index contributed by atoms with van der Waals surface area (Å²) in [6, 6.07) is 14.7. The number of rotatable bonds is 8. The molecule has 0 aliphatic heterocycles. The van der Waals surface area contributed by atoms with Gasteiger partial charge in [0.05, 0.1) is 30.3 Å². The van der Waals surface area contributed by atoms with E-state index in [0.29, 0.717) is 19.1 Å². The summed E-state index contributed by atoms with van der Waals surface area (Å²) in [7, 11) is 0. The van der Waals surface area contributed by atoms with E-state index in [1.165, 1.54) is 6.07 Å². The van der Waals surface area contributed by atoms with E-state index in [0.717, 1.165) is 53.8 Å². The Morgan fingerprint density at radius 1 is 1.06 bits per heavy atom. The van der Waals surface area contributed by atoms with Crippen LogP contribution in [0.15, 0.2) is 52.9 Å². The lowest BCUT2D eigenvalue weighted by Gasteiger charge is -2.29. The summed E-state index contributed by atoms with van der Waals surface area (Å²) < 4.78 is 18.1. The Morgan fingerprint density at radius 3 is 2.56 bits per heavy atom. The summed E-state index contributed by atoms with van der Waals surface area (Å²) in [5.41, 5.74) is 3.84. The van der Waals surface area contributed by atoms with Gasteiger partial charge in [0.1, 0.15) is 11.5 Å². The quantitative estimate of drug-likeness (QED) is 0.322. The van der Waals surface area contributed by atoms with Crippen LogP contribution in [-0.2, 0) is 22.7 Å². The maximum atomic E-state index is 10.9. The third kappa shape index (κ3) is 5.60. The molecule has 3 aromatic rings. The lowest BCUT2D eigenvalue weighted by molar-refractivity contribution is -0.385. The van der Waals surface area contributed by atoms with E-state index in [2.05, 4.69) is 11.1 Å². The molecule has 0 saturated heterocycles. The molecule has 168 valence electrons. The Labute approximate surface area is 187 Å². The highest BCUT2D eigenvalue weighted by atomic mass is 16.6. The minimum absolute atomic E-state index is 0.0780. The molecule has 1 aliphatic carbocycles. The molecule has 32 heavy (non-hydrogen) atoms. The molecule has 7 heteroatoms. The topological polar surface area (TPSA) is 87.6 Å². The van der Waals surface area contributed by atoms with Gasteiger partial charge in [-0.2, -0.15) is 0 Å². The number of nitro benzene ring substituents is 1. The predicted molar refractivity (Wildman–Crippen MR) is 120 cm³/mol. The van der Waals surface area contributed by atoms with Gasteiger partial charge < -0.3 is 13.9 Å². The van der Waals surface area contributed by atoms with Gasteiger partial charge in [-0.3, -0.25) is 10.1 Å². The van der Waals surface area contributed by atoms with Crippen LogP contribution in [0.4, 0.5) is 5.69 Å². The number of non-ortho nitro benzene ring substituents is 1. The van der Waals surface area contributed by atoms with Crippen LogP contribution in [0.5, 0.6) is 0 Å². The largest absolute Gasteiger partial charge is 0.441 e. The van der Waals surface area contributed by atoms with Gasteiger partial charge in [-0.1, -0.05) is 29.8 Å². The number of ether oxygens (including phenoxy) is 2. The third-order valence-electron chi connectivity index (χ3n) is 5.80. The molecule has 0 bridgehead atoms. The summed E-state index contributed by atoms with van der Waals surface area (Å²) in [6.07, 6.45) is 3.95. The predicted octanol–water partition coefficient (Wildman–Crippen LogP) is 5.91. The molecule has 1 heterocycles. The molecule has 1 fully saturated rings. The van der Waals surface area contributed by atoms with Gasteiger partial charge in [-0.05, 0) is 57.2 Å². The second-order valence-corrected chi connectivity index (χ2v) is 8.35. The van der Waals surface area contributed by atoms with Gasteiger partial charge in [0.15, 0.2) is 0 Å². The average molecular weight is 437 g/mol. The maximum Gasteiger partial charge on any atom is 0.269 e. The van der Waals surface area contributed by atoms with Gasteiger partial charge in [0.2, 0.25) is 5.89 Å². The number of aryl methyl sites for hydroxylation is 2. The van der Waals surface area contributed by atoms with Crippen LogP contribution >= 0.6 is 0 Å². The van der Waals surface area contributed by atoms with E-state index in [-0.39, 0.29) is 22.8 Å². The first-order valence-corrected chi connectivity index (χ1v) is 11.0. The normalized spacial score (nSPS) is 18.6. The van der Waals surface area contributed by atoms with Crippen molar-refractivity contribution in [2.45, 2.75) is 65.0 Å². The van der Waals surface area contributed by atoms with E-state index in [4.69, 9.17) is 13.9 Å². The molecule has 1 saturated carbocycles. The zero-order valence-electron chi connectivity index (χ0n) is 18.5. The smallest absolute Gasteiger partial charge is 0.269 e. The van der Waals surface area contributed by atoms with Crippen LogP contribution < -0.4 is 0 Å². The van der Waals surface area contributed by atoms with Crippen LogP contribution in [0.2, 0.25) is 0 Å². The number of benzene rings is 2. The second-order valence-electron chi connectivity index (χ2n) is 8.35. The summed E-state index contributed by atoms with van der Waals surface area (Å²) >= 11 is 0. The Morgan fingerprint density at radius 2 is 1.81 bits per heavy atom. The van der Waals surface area contributed by atoms with Gasteiger partial charge in [0.25, 0.3) is 5.69 Å². The first-order chi connectivity index (χ1) is 15.5. The molecule has 1 aromatic heterocycles. The fourth-order valence-electron chi connectivity index (χ4n) is 4.04. The number of aromatic nitrogens is 1. The Balaban J connectivity index is 1.30. The Kier molecular flexibility index (Phi) is 6.97. The second kappa shape index (κ2) is 10.1. The van der Waals surface area contributed by atoms with Crippen LogP contribution in [-0.4, -0.2) is 22.1 Å². The van der Waals surface area contributed by atoms with Crippen molar-refractivity contribution in [2.75, 3.05) is 0 Å². The van der Waals surface area contributed by atoms with Crippen LogP contribution in [0.1, 0.15) is 48.3 Å². The number of oxazole rings is 1. The van der Waals surface area contributed by atoms with Crippen LogP contribution in [0.25, 0.3) is 11.5 Å². The molecular formula is C25H28N2O5. The fraction of sp³-hybridized carbons (Fsp3) is 0.400. The van der Waals surface area contributed by atoms with Crippen molar-refractivity contribution in [3.63, 3.8) is 0 Å². The fourth-order valence-corrected chi connectivity index (χ4v) is 4.04. The highest BCUT2D eigenvalue weighted by molar-refractivity contribution is 5.54. The number of hydrogen-bond donors (Lipinski definition) is 0. The van der Waals surface area contributed by atoms with Crippen molar-refractivity contribution < 1.29 is 18.8 Å². The average Bonchev–Trinajstić information content (AvgIpc) is 3.17. The summed E-state index contributed by atoms with van der Waals surface area (Å²) in [4.78, 5) is 15.2. The lowest BCUT2D eigenvalue weighted by atomic mass is 9.95. The van der Waals surface area contributed by atoms with Crippen molar-refractivity contribution in [3.05, 3.63) is 81.2 Å². The highest BCUT2D eigenvalue weighted by Gasteiger charge is 2.24. The maximum absolute atomic E-state index is 10.9. The van der Waals surface area contributed by atoms with E-state index in [1.54, 1.807) is 12.1 Å². The van der Waals surface area contributed by atoms with E-state index < -0.39 is 0 Å². The lowest BCUT2D eigenvalue weighted by Crippen LogP contribution is -2.28. The monoisotopic (exact) mass is 436 g/mol. The third-order valence-corrected chi connectivity index (χ3v) is 5.80. The number of nitro groups is 1. The summed E-state index contributed by atoms with van der Waals surface area (Å²) in [5, 5.41) is 10.9. The molecule has 1 aliphatic rings. The molecule has 0 amide bonds. The van der Waals surface area contributed by atoms with Gasteiger partial charge >= 0.3 is 0 Å². The van der Waals surface area contributed by atoms with Crippen molar-refractivity contribution in [3.8, 4) is 11.5 Å². The Bertz CT molecular complexity index is 1080. The zero-order chi connectivity index (χ0) is 22.5. The molecule has 2 aromatic carbocycles.